The van der Waals surface area contributed by atoms with Crippen molar-refractivity contribution in [3.63, 3.8) is 0 Å². The van der Waals surface area contributed by atoms with Crippen LogP contribution in [0.2, 0.25) is 0 Å². The fourth-order valence-corrected chi connectivity index (χ4v) is 1.84. The number of rotatable bonds is 4. The van der Waals surface area contributed by atoms with E-state index in [1.165, 1.54) is 5.56 Å². The Morgan fingerprint density at radius 2 is 1.72 bits per heavy atom. The van der Waals surface area contributed by atoms with Gasteiger partial charge in [-0.05, 0) is 37.1 Å². The number of aryl methyl sites for hydroxylation is 2. The third-order valence-electron chi connectivity index (χ3n) is 2.92. The molecule has 0 spiro atoms. The molecule has 0 fully saturated rings. The standard InChI is InChI=1S/C16H18O2/c1-12-8-9-13(2)16(10-12)18-11-14-6-4-5-7-15(14)17-3/h4-10H,11H2,1-3H3. The lowest BCUT2D eigenvalue weighted by atomic mass is 10.1. The van der Waals surface area contributed by atoms with Crippen LogP contribution in [0.25, 0.3) is 0 Å². The van der Waals surface area contributed by atoms with Crippen molar-refractivity contribution >= 4 is 0 Å². The minimum Gasteiger partial charge on any atom is -0.496 e. The van der Waals surface area contributed by atoms with Crippen LogP contribution in [0.5, 0.6) is 11.5 Å². The molecule has 0 N–H and O–H groups in total. The van der Waals surface area contributed by atoms with Gasteiger partial charge in [0.25, 0.3) is 0 Å². The van der Waals surface area contributed by atoms with E-state index in [2.05, 4.69) is 32.0 Å². The van der Waals surface area contributed by atoms with Gasteiger partial charge in [0.15, 0.2) is 0 Å². The monoisotopic (exact) mass is 242 g/mol. The second kappa shape index (κ2) is 5.58. The molecule has 2 nitrogen and oxygen atoms in total. The molecular formula is C16H18O2. The van der Waals surface area contributed by atoms with Gasteiger partial charge < -0.3 is 9.47 Å². The van der Waals surface area contributed by atoms with Crippen LogP contribution in [0.4, 0.5) is 0 Å². The Bertz CT molecular complexity index is 532. The Labute approximate surface area is 108 Å². The third-order valence-corrected chi connectivity index (χ3v) is 2.92. The maximum Gasteiger partial charge on any atom is 0.125 e. The second-order valence-corrected chi connectivity index (χ2v) is 4.37. The van der Waals surface area contributed by atoms with Gasteiger partial charge in [-0.2, -0.15) is 0 Å². The maximum absolute atomic E-state index is 5.87. The predicted molar refractivity (Wildman–Crippen MR) is 73.2 cm³/mol. The highest BCUT2D eigenvalue weighted by molar-refractivity contribution is 5.37. The Morgan fingerprint density at radius 1 is 0.944 bits per heavy atom. The lowest BCUT2D eigenvalue weighted by Crippen LogP contribution is -1.99. The van der Waals surface area contributed by atoms with Gasteiger partial charge in [0.05, 0.1) is 7.11 Å². The van der Waals surface area contributed by atoms with Crippen molar-refractivity contribution in [3.05, 3.63) is 59.2 Å². The summed E-state index contributed by atoms with van der Waals surface area (Å²) >= 11 is 0. The van der Waals surface area contributed by atoms with Gasteiger partial charge in [-0.15, -0.1) is 0 Å². The van der Waals surface area contributed by atoms with E-state index >= 15 is 0 Å². The molecule has 2 aromatic rings. The van der Waals surface area contributed by atoms with Crippen molar-refractivity contribution in [3.8, 4) is 11.5 Å². The molecule has 0 aliphatic rings. The average Bonchev–Trinajstić information content (AvgIpc) is 2.40. The van der Waals surface area contributed by atoms with Gasteiger partial charge in [0.2, 0.25) is 0 Å². The van der Waals surface area contributed by atoms with Crippen LogP contribution in [0.3, 0.4) is 0 Å². The normalized spacial score (nSPS) is 10.2. The fraction of sp³-hybridized carbons (Fsp3) is 0.250. The molecule has 0 heterocycles. The summed E-state index contributed by atoms with van der Waals surface area (Å²) < 4.78 is 11.2. The zero-order chi connectivity index (χ0) is 13.0. The first kappa shape index (κ1) is 12.5. The molecule has 2 heteroatoms. The first-order valence-electron chi connectivity index (χ1n) is 6.02. The summed E-state index contributed by atoms with van der Waals surface area (Å²) in [5, 5.41) is 0. The van der Waals surface area contributed by atoms with Crippen molar-refractivity contribution in [2.75, 3.05) is 7.11 Å². The Balaban J connectivity index is 2.14. The quantitative estimate of drug-likeness (QED) is 0.809. The average molecular weight is 242 g/mol. The molecular weight excluding hydrogens is 224 g/mol. The van der Waals surface area contributed by atoms with Crippen molar-refractivity contribution in [2.45, 2.75) is 20.5 Å². The molecule has 0 aliphatic heterocycles. The zero-order valence-corrected chi connectivity index (χ0v) is 11.1. The molecule has 0 saturated heterocycles. The van der Waals surface area contributed by atoms with Crippen LogP contribution in [0.15, 0.2) is 42.5 Å². The molecule has 2 aromatic carbocycles. The summed E-state index contributed by atoms with van der Waals surface area (Å²) in [6.07, 6.45) is 0. The minimum absolute atomic E-state index is 0.522. The van der Waals surface area contributed by atoms with Gasteiger partial charge in [-0.1, -0.05) is 30.3 Å². The summed E-state index contributed by atoms with van der Waals surface area (Å²) in [5.41, 5.74) is 3.41. The summed E-state index contributed by atoms with van der Waals surface area (Å²) in [4.78, 5) is 0. The van der Waals surface area contributed by atoms with Crippen molar-refractivity contribution in [1.82, 2.24) is 0 Å². The van der Waals surface area contributed by atoms with Gasteiger partial charge >= 0.3 is 0 Å². The summed E-state index contributed by atoms with van der Waals surface area (Å²) in [7, 11) is 1.68. The minimum atomic E-state index is 0.522. The summed E-state index contributed by atoms with van der Waals surface area (Å²) in [5.74, 6) is 1.80. The summed E-state index contributed by atoms with van der Waals surface area (Å²) in [6.45, 7) is 4.64. The number of para-hydroxylation sites is 1. The fourth-order valence-electron chi connectivity index (χ4n) is 1.84. The number of hydrogen-bond donors (Lipinski definition) is 0. The first-order valence-corrected chi connectivity index (χ1v) is 6.02. The van der Waals surface area contributed by atoms with Crippen LogP contribution in [-0.4, -0.2) is 7.11 Å². The van der Waals surface area contributed by atoms with E-state index in [9.17, 15) is 0 Å². The summed E-state index contributed by atoms with van der Waals surface area (Å²) in [6, 6.07) is 14.1. The van der Waals surface area contributed by atoms with Crippen LogP contribution >= 0.6 is 0 Å². The van der Waals surface area contributed by atoms with E-state index in [4.69, 9.17) is 9.47 Å². The highest BCUT2D eigenvalue weighted by Gasteiger charge is 2.04. The molecule has 94 valence electrons. The highest BCUT2D eigenvalue weighted by atomic mass is 16.5. The van der Waals surface area contributed by atoms with Gasteiger partial charge in [-0.25, -0.2) is 0 Å². The molecule has 0 radical (unpaired) electrons. The van der Waals surface area contributed by atoms with E-state index in [0.29, 0.717) is 6.61 Å². The molecule has 0 bridgehead atoms. The number of ether oxygens (including phenoxy) is 2. The van der Waals surface area contributed by atoms with E-state index in [1.807, 2.05) is 24.3 Å². The van der Waals surface area contributed by atoms with Gasteiger partial charge in [0.1, 0.15) is 18.1 Å². The van der Waals surface area contributed by atoms with E-state index in [1.54, 1.807) is 7.11 Å². The molecule has 0 unspecified atom stereocenters. The SMILES string of the molecule is COc1ccccc1COc1cc(C)ccc1C. The van der Waals surface area contributed by atoms with Gasteiger partial charge in [-0.3, -0.25) is 0 Å². The molecule has 0 aromatic heterocycles. The van der Waals surface area contributed by atoms with Crippen LogP contribution in [0, 0.1) is 13.8 Å². The zero-order valence-electron chi connectivity index (χ0n) is 11.1. The van der Waals surface area contributed by atoms with Crippen LogP contribution in [-0.2, 0) is 6.61 Å². The van der Waals surface area contributed by atoms with E-state index < -0.39 is 0 Å². The highest BCUT2D eigenvalue weighted by Crippen LogP contribution is 2.23. The van der Waals surface area contributed by atoms with E-state index in [-0.39, 0.29) is 0 Å². The topological polar surface area (TPSA) is 18.5 Å². The number of hydrogen-bond acceptors (Lipinski definition) is 2. The first-order chi connectivity index (χ1) is 8.70. The van der Waals surface area contributed by atoms with Gasteiger partial charge in [0, 0.05) is 5.56 Å². The maximum atomic E-state index is 5.87. The van der Waals surface area contributed by atoms with E-state index in [0.717, 1.165) is 22.6 Å². The molecule has 0 atom stereocenters. The van der Waals surface area contributed by atoms with Crippen LogP contribution < -0.4 is 9.47 Å². The van der Waals surface area contributed by atoms with Crippen molar-refractivity contribution < 1.29 is 9.47 Å². The lowest BCUT2D eigenvalue weighted by Gasteiger charge is -2.12. The molecule has 0 saturated carbocycles. The van der Waals surface area contributed by atoms with Crippen LogP contribution in [0.1, 0.15) is 16.7 Å². The lowest BCUT2D eigenvalue weighted by molar-refractivity contribution is 0.294. The Kier molecular flexibility index (Phi) is 3.88. The third kappa shape index (κ3) is 2.83. The van der Waals surface area contributed by atoms with Crippen molar-refractivity contribution in [1.29, 1.82) is 0 Å². The Hall–Kier alpha value is -1.96. The predicted octanol–water partition coefficient (Wildman–Crippen LogP) is 3.89. The molecule has 0 amide bonds. The smallest absolute Gasteiger partial charge is 0.125 e. The molecule has 18 heavy (non-hydrogen) atoms. The number of benzene rings is 2. The molecule has 0 aliphatic carbocycles. The van der Waals surface area contributed by atoms with Crippen molar-refractivity contribution in [2.24, 2.45) is 0 Å². The second-order valence-electron chi connectivity index (χ2n) is 4.37. The molecule has 2 rings (SSSR count). The Morgan fingerprint density at radius 3 is 2.50 bits per heavy atom. The largest absolute Gasteiger partial charge is 0.496 e. The number of methoxy groups -OCH3 is 1.